The average Bonchev–Trinajstić information content (AvgIpc) is 2.71. The number of hydrogen-bond acceptors (Lipinski definition) is 8. The summed E-state index contributed by atoms with van der Waals surface area (Å²) in [6, 6.07) is 6.76. The Morgan fingerprint density at radius 3 is 2.26 bits per heavy atom. The molecule has 0 unspecified atom stereocenters. The first kappa shape index (κ1) is 22.8. The molecule has 2 atom stereocenters. The zero-order chi connectivity index (χ0) is 23.0. The molecule has 31 heavy (non-hydrogen) atoms. The van der Waals surface area contributed by atoms with Crippen molar-refractivity contribution in [2.45, 2.75) is 24.1 Å². The highest BCUT2D eigenvalue weighted by atomic mass is 32.2. The molecule has 0 aliphatic carbocycles. The van der Waals surface area contributed by atoms with Crippen molar-refractivity contribution >= 4 is 10.1 Å². The molecular weight excluding hydrogens is 445 g/mol. The molecular formula is C19H19F3O8S. The standard InChI is InChI=1S/C19H19F3O8S/c1-26-11-7-15(27-2)12-9-13(23)18(29-16(12)8-11)10-4-5-14(17(6-10)28-3)30-31(24,25)19(20,21)22/h4-8,13,18,23H,9H2,1-3H3/t13-,18-/m1/s1. The lowest BCUT2D eigenvalue weighted by molar-refractivity contribution is -0.0500. The van der Waals surface area contributed by atoms with Crippen LogP contribution in [0, 0.1) is 0 Å². The molecule has 0 saturated heterocycles. The van der Waals surface area contributed by atoms with Gasteiger partial charge < -0.3 is 28.2 Å². The molecule has 8 nitrogen and oxygen atoms in total. The van der Waals surface area contributed by atoms with Crippen LogP contribution in [0.4, 0.5) is 13.2 Å². The molecule has 1 aliphatic heterocycles. The van der Waals surface area contributed by atoms with Gasteiger partial charge in [-0.2, -0.15) is 21.6 Å². The second kappa shape index (κ2) is 8.35. The van der Waals surface area contributed by atoms with Crippen molar-refractivity contribution in [3.63, 3.8) is 0 Å². The van der Waals surface area contributed by atoms with Gasteiger partial charge in [0.25, 0.3) is 0 Å². The summed E-state index contributed by atoms with van der Waals surface area (Å²) in [6.45, 7) is 0. The summed E-state index contributed by atoms with van der Waals surface area (Å²) in [4.78, 5) is 0. The highest BCUT2D eigenvalue weighted by Gasteiger charge is 2.49. The molecule has 0 radical (unpaired) electrons. The summed E-state index contributed by atoms with van der Waals surface area (Å²) in [6.07, 6.45) is -1.80. The monoisotopic (exact) mass is 464 g/mol. The van der Waals surface area contributed by atoms with Gasteiger partial charge in [0, 0.05) is 24.1 Å². The Morgan fingerprint density at radius 2 is 1.68 bits per heavy atom. The van der Waals surface area contributed by atoms with Crippen LogP contribution in [0.2, 0.25) is 0 Å². The smallest absolute Gasteiger partial charge is 0.496 e. The SMILES string of the molecule is COc1cc(OC)c2c(c1)O[C@H](c1ccc(OS(=O)(=O)C(F)(F)F)c(OC)c1)[C@H](O)C2. The van der Waals surface area contributed by atoms with Gasteiger partial charge in [0.05, 0.1) is 27.4 Å². The van der Waals surface area contributed by atoms with Crippen LogP contribution in [0.25, 0.3) is 0 Å². The van der Waals surface area contributed by atoms with E-state index in [1.165, 1.54) is 26.4 Å². The number of hydrogen-bond donors (Lipinski definition) is 1. The molecule has 2 aromatic carbocycles. The minimum atomic E-state index is -5.88. The third-order valence-corrected chi connectivity index (χ3v) is 5.58. The number of alkyl halides is 3. The van der Waals surface area contributed by atoms with Gasteiger partial charge in [-0.05, 0) is 17.7 Å². The predicted octanol–water partition coefficient (Wildman–Crippen LogP) is 2.98. The van der Waals surface area contributed by atoms with Crippen molar-refractivity contribution < 1.29 is 49.8 Å². The summed E-state index contributed by atoms with van der Waals surface area (Å²) in [5.74, 6) is 0.383. The van der Waals surface area contributed by atoms with Crippen molar-refractivity contribution in [3.05, 3.63) is 41.5 Å². The molecule has 170 valence electrons. The lowest BCUT2D eigenvalue weighted by atomic mass is 9.94. The molecule has 1 aliphatic rings. The Bertz CT molecular complexity index is 1070. The summed E-state index contributed by atoms with van der Waals surface area (Å²) in [5.41, 5.74) is -4.65. The van der Waals surface area contributed by atoms with E-state index in [0.717, 1.165) is 13.2 Å². The van der Waals surface area contributed by atoms with Gasteiger partial charge in [-0.25, -0.2) is 0 Å². The summed E-state index contributed by atoms with van der Waals surface area (Å²) < 4.78 is 86.0. The van der Waals surface area contributed by atoms with Crippen LogP contribution in [0.1, 0.15) is 17.2 Å². The Kier molecular flexibility index (Phi) is 6.14. The second-order valence-electron chi connectivity index (χ2n) is 6.51. The van der Waals surface area contributed by atoms with E-state index in [2.05, 4.69) is 4.18 Å². The Morgan fingerprint density at radius 1 is 1.00 bits per heavy atom. The fourth-order valence-electron chi connectivity index (χ4n) is 3.12. The first-order valence-corrected chi connectivity index (χ1v) is 10.2. The largest absolute Gasteiger partial charge is 0.534 e. The van der Waals surface area contributed by atoms with Gasteiger partial charge in [0.1, 0.15) is 23.4 Å². The summed E-state index contributed by atoms with van der Waals surface area (Å²) in [7, 11) is -1.81. The highest BCUT2D eigenvalue weighted by molar-refractivity contribution is 7.88. The fraction of sp³-hybridized carbons (Fsp3) is 0.368. The molecule has 0 bridgehead atoms. The molecule has 12 heteroatoms. The van der Waals surface area contributed by atoms with E-state index < -0.39 is 33.6 Å². The van der Waals surface area contributed by atoms with E-state index in [1.807, 2.05) is 0 Å². The Hall–Kier alpha value is -2.86. The summed E-state index contributed by atoms with van der Waals surface area (Å²) >= 11 is 0. The van der Waals surface area contributed by atoms with Crippen molar-refractivity contribution in [3.8, 4) is 28.7 Å². The maximum atomic E-state index is 12.6. The lowest BCUT2D eigenvalue weighted by Gasteiger charge is -2.32. The fourth-order valence-corrected chi connectivity index (χ4v) is 3.59. The van der Waals surface area contributed by atoms with Gasteiger partial charge in [-0.3, -0.25) is 0 Å². The number of halogens is 3. The number of ether oxygens (including phenoxy) is 4. The first-order valence-electron chi connectivity index (χ1n) is 8.79. The number of fused-ring (bicyclic) bond motifs is 1. The zero-order valence-electron chi connectivity index (χ0n) is 16.6. The third-order valence-electron chi connectivity index (χ3n) is 4.61. The molecule has 0 spiro atoms. The number of benzene rings is 2. The Balaban J connectivity index is 1.95. The highest BCUT2D eigenvalue weighted by Crippen LogP contribution is 2.44. The van der Waals surface area contributed by atoms with Gasteiger partial charge in [0.15, 0.2) is 11.5 Å². The quantitative estimate of drug-likeness (QED) is 0.515. The van der Waals surface area contributed by atoms with Crippen LogP contribution < -0.4 is 23.1 Å². The second-order valence-corrected chi connectivity index (χ2v) is 8.05. The van der Waals surface area contributed by atoms with Crippen LogP contribution in [0.3, 0.4) is 0 Å². The van der Waals surface area contributed by atoms with E-state index in [-0.39, 0.29) is 12.2 Å². The van der Waals surface area contributed by atoms with E-state index in [4.69, 9.17) is 18.9 Å². The lowest BCUT2D eigenvalue weighted by Crippen LogP contribution is -2.31. The van der Waals surface area contributed by atoms with Gasteiger partial charge in [0.2, 0.25) is 0 Å². The van der Waals surface area contributed by atoms with Crippen LogP contribution in [-0.2, 0) is 16.5 Å². The minimum Gasteiger partial charge on any atom is -0.496 e. The van der Waals surface area contributed by atoms with Gasteiger partial charge in [-0.15, -0.1) is 0 Å². The molecule has 2 aromatic rings. The van der Waals surface area contributed by atoms with E-state index in [0.29, 0.717) is 28.4 Å². The van der Waals surface area contributed by atoms with E-state index in [9.17, 15) is 26.7 Å². The molecule has 0 aromatic heterocycles. The number of methoxy groups -OCH3 is 3. The number of rotatable bonds is 6. The average molecular weight is 464 g/mol. The van der Waals surface area contributed by atoms with Crippen LogP contribution in [0.5, 0.6) is 28.7 Å². The molecule has 3 rings (SSSR count). The molecule has 0 fully saturated rings. The number of aliphatic hydroxyl groups excluding tert-OH is 1. The van der Waals surface area contributed by atoms with Crippen LogP contribution >= 0.6 is 0 Å². The Labute approximate surface area is 176 Å². The maximum absolute atomic E-state index is 12.6. The predicted molar refractivity (Wildman–Crippen MR) is 101 cm³/mol. The minimum absolute atomic E-state index is 0.163. The molecule has 1 heterocycles. The molecule has 0 saturated carbocycles. The van der Waals surface area contributed by atoms with Crippen LogP contribution in [0.15, 0.2) is 30.3 Å². The van der Waals surface area contributed by atoms with Crippen molar-refractivity contribution in [1.29, 1.82) is 0 Å². The zero-order valence-corrected chi connectivity index (χ0v) is 17.4. The summed E-state index contributed by atoms with van der Waals surface area (Å²) in [5, 5.41) is 10.6. The normalized spacial score (nSPS) is 18.5. The van der Waals surface area contributed by atoms with Crippen molar-refractivity contribution in [2.75, 3.05) is 21.3 Å². The topological polar surface area (TPSA) is 101 Å². The first-order chi connectivity index (χ1) is 14.5. The molecule has 0 amide bonds. The van der Waals surface area contributed by atoms with Crippen LogP contribution in [-0.4, -0.2) is 46.5 Å². The van der Waals surface area contributed by atoms with Crippen molar-refractivity contribution in [2.24, 2.45) is 0 Å². The van der Waals surface area contributed by atoms with Gasteiger partial charge in [-0.1, -0.05) is 6.07 Å². The van der Waals surface area contributed by atoms with E-state index >= 15 is 0 Å². The third kappa shape index (κ3) is 4.44. The number of aliphatic hydroxyl groups is 1. The van der Waals surface area contributed by atoms with Gasteiger partial charge >= 0.3 is 15.6 Å². The van der Waals surface area contributed by atoms with E-state index in [1.54, 1.807) is 12.1 Å². The van der Waals surface area contributed by atoms with Crippen molar-refractivity contribution in [1.82, 2.24) is 0 Å². The molecule has 1 N–H and O–H groups in total. The maximum Gasteiger partial charge on any atom is 0.534 e.